The van der Waals surface area contributed by atoms with Crippen LogP contribution in [0, 0.1) is 16.0 Å². The summed E-state index contributed by atoms with van der Waals surface area (Å²) >= 11 is 0. The molecule has 0 spiro atoms. The van der Waals surface area contributed by atoms with E-state index in [4.69, 9.17) is 9.94 Å². The SMILES string of the molecule is CNC(=O)C(C(=NO)[N+](=O)[O-])C(C)(C)OC. The zero-order valence-electron chi connectivity index (χ0n) is 9.55. The van der Waals surface area contributed by atoms with E-state index in [1.165, 1.54) is 28.0 Å². The van der Waals surface area contributed by atoms with Crippen LogP contribution in [-0.2, 0) is 9.53 Å². The predicted molar refractivity (Wildman–Crippen MR) is 54.9 cm³/mol. The first-order valence-electron chi connectivity index (χ1n) is 4.44. The number of methoxy groups -OCH3 is 1. The van der Waals surface area contributed by atoms with Crippen LogP contribution in [0.3, 0.4) is 0 Å². The Balaban J connectivity index is 5.42. The van der Waals surface area contributed by atoms with Gasteiger partial charge in [-0.3, -0.25) is 4.79 Å². The molecule has 2 N–H and O–H groups in total. The molecule has 0 rings (SSSR count). The van der Waals surface area contributed by atoms with E-state index in [2.05, 4.69) is 10.5 Å². The number of nitro groups is 1. The maximum absolute atomic E-state index is 11.5. The van der Waals surface area contributed by atoms with Gasteiger partial charge in [-0.2, -0.15) is 0 Å². The van der Waals surface area contributed by atoms with Crippen LogP contribution in [0.15, 0.2) is 5.16 Å². The van der Waals surface area contributed by atoms with Crippen molar-refractivity contribution >= 4 is 11.7 Å². The van der Waals surface area contributed by atoms with Gasteiger partial charge in [-0.25, -0.2) is 0 Å². The van der Waals surface area contributed by atoms with Crippen molar-refractivity contribution in [2.45, 2.75) is 19.4 Å². The molecule has 92 valence electrons. The predicted octanol–water partition coefficient (Wildman–Crippen LogP) is -0.162. The van der Waals surface area contributed by atoms with Gasteiger partial charge in [0.1, 0.15) is 0 Å². The van der Waals surface area contributed by atoms with Gasteiger partial charge in [-0.1, -0.05) is 0 Å². The monoisotopic (exact) mass is 233 g/mol. The van der Waals surface area contributed by atoms with Gasteiger partial charge in [0.2, 0.25) is 5.91 Å². The Hall–Kier alpha value is -1.70. The molecule has 1 atom stereocenters. The molecule has 0 aliphatic rings. The summed E-state index contributed by atoms with van der Waals surface area (Å²) in [7, 11) is 2.64. The van der Waals surface area contributed by atoms with Gasteiger partial charge < -0.3 is 25.4 Å². The summed E-state index contributed by atoms with van der Waals surface area (Å²) in [5, 5.41) is 24.0. The molecule has 1 amide bonds. The van der Waals surface area contributed by atoms with Crippen LogP contribution in [-0.4, -0.2) is 41.6 Å². The Morgan fingerprint density at radius 3 is 2.38 bits per heavy atom. The minimum Gasteiger partial charge on any atom is -0.377 e. The molecule has 0 aromatic carbocycles. The zero-order chi connectivity index (χ0) is 12.9. The van der Waals surface area contributed by atoms with Crippen LogP contribution in [0.4, 0.5) is 0 Å². The molecule has 8 heteroatoms. The second-order valence-electron chi connectivity index (χ2n) is 3.57. The number of carbonyl (C=O) groups is 1. The van der Waals surface area contributed by atoms with Crippen LogP contribution < -0.4 is 5.32 Å². The summed E-state index contributed by atoms with van der Waals surface area (Å²) < 4.78 is 5.00. The molecule has 0 saturated heterocycles. The van der Waals surface area contributed by atoms with Crippen molar-refractivity contribution in [3.05, 3.63) is 10.1 Å². The van der Waals surface area contributed by atoms with E-state index in [-0.39, 0.29) is 0 Å². The molecule has 0 aliphatic carbocycles. The molecule has 8 nitrogen and oxygen atoms in total. The van der Waals surface area contributed by atoms with Gasteiger partial charge in [0.05, 0.1) is 5.60 Å². The number of carbonyl (C=O) groups excluding carboxylic acids is 1. The van der Waals surface area contributed by atoms with E-state index in [0.29, 0.717) is 0 Å². The molecule has 16 heavy (non-hydrogen) atoms. The van der Waals surface area contributed by atoms with E-state index in [1.54, 1.807) is 0 Å². The number of rotatable bonds is 4. The van der Waals surface area contributed by atoms with E-state index in [1.807, 2.05) is 0 Å². The largest absolute Gasteiger partial charge is 0.400 e. The fourth-order valence-electron chi connectivity index (χ4n) is 1.21. The third-order valence-corrected chi connectivity index (χ3v) is 2.28. The van der Waals surface area contributed by atoms with Crippen molar-refractivity contribution < 1.29 is 19.7 Å². The van der Waals surface area contributed by atoms with Gasteiger partial charge in [0.25, 0.3) is 0 Å². The van der Waals surface area contributed by atoms with Crippen LogP contribution in [0.5, 0.6) is 0 Å². The highest BCUT2D eigenvalue weighted by Gasteiger charge is 2.46. The minimum atomic E-state index is -1.30. The number of nitrogens with zero attached hydrogens (tertiary/aromatic N) is 2. The van der Waals surface area contributed by atoms with Gasteiger partial charge in [-0.15, -0.1) is 0 Å². The summed E-state index contributed by atoms with van der Waals surface area (Å²) in [5.41, 5.74) is -1.16. The maximum atomic E-state index is 11.5. The minimum absolute atomic E-state index is 0.656. The molecule has 0 heterocycles. The molecule has 0 fully saturated rings. The van der Waals surface area contributed by atoms with Crippen molar-refractivity contribution in [1.29, 1.82) is 0 Å². The molecule has 0 bridgehead atoms. The van der Waals surface area contributed by atoms with Crippen LogP contribution in [0.2, 0.25) is 0 Å². The smallest absolute Gasteiger partial charge is 0.377 e. The first-order valence-corrected chi connectivity index (χ1v) is 4.44. The number of nitrogens with one attached hydrogen (secondary N) is 1. The standard InChI is InChI=1S/C8H15N3O5/c1-8(2,16-4)5(7(12)9-3)6(10-13)11(14)15/h5,13H,1-4H3,(H,9,12). The van der Waals surface area contributed by atoms with Gasteiger partial charge in [0.15, 0.2) is 11.1 Å². The highest BCUT2D eigenvalue weighted by molar-refractivity contribution is 6.00. The zero-order valence-corrected chi connectivity index (χ0v) is 9.55. The van der Waals surface area contributed by atoms with Crippen molar-refractivity contribution in [3.63, 3.8) is 0 Å². The van der Waals surface area contributed by atoms with Crippen molar-refractivity contribution in [2.75, 3.05) is 14.2 Å². The molecule has 0 saturated carbocycles. The van der Waals surface area contributed by atoms with Gasteiger partial charge >= 0.3 is 5.84 Å². The highest BCUT2D eigenvalue weighted by atomic mass is 16.6. The molecular formula is C8H15N3O5. The molecule has 0 aromatic heterocycles. The Morgan fingerprint density at radius 1 is 1.62 bits per heavy atom. The lowest BCUT2D eigenvalue weighted by atomic mass is 9.88. The van der Waals surface area contributed by atoms with E-state index in [0.717, 1.165) is 0 Å². The first-order chi connectivity index (χ1) is 7.31. The van der Waals surface area contributed by atoms with E-state index >= 15 is 0 Å². The average Bonchev–Trinajstić information content (AvgIpc) is 2.23. The summed E-state index contributed by atoms with van der Waals surface area (Å²) in [6.45, 7) is 2.98. The first kappa shape index (κ1) is 14.3. The number of ether oxygens (including phenoxy) is 1. The van der Waals surface area contributed by atoms with Crippen LogP contribution >= 0.6 is 0 Å². The fraction of sp³-hybridized carbons (Fsp3) is 0.750. The second kappa shape index (κ2) is 5.40. The maximum Gasteiger partial charge on any atom is 0.400 e. The summed E-state index contributed by atoms with van der Waals surface area (Å²) in [6.07, 6.45) is 0. The Kier molecular flexibility index (Phi) is 4.83. The Bertz CT molecular complexity index is 313. The lowest BCUT2D eigenvalue weighted by Crippen LogP contribution is -2.50. The normalized spacial score (nSPS) is 14.4. The molecule has 1 unspecified atom stereocenters. The molecule has 0 aliphatic heterocycles. The molecule has 0 aromatic rings. The number of hydrogen-bond acceptors (Lipinski definition) is 6. The van der Waals surface area contributed by atoms with Gasteiger partial charge in [0, 0.05) is 14.2 Å². The summed E-state index contributed by atoms with van der Waals surface area (Å²) in [4.78, 5) is 21.3. The Morgan fingerprint density at radius 2 is 2.12 bits per heavy atom. The van der Waals surface area contributed by atoms with E-state index < -0.39 is 28.2 Å². The van der Waals surface area contributed by atoms with Crippen LogP contribution in [0.25, 0.3) is 0 Å². The number of amides is 1. The van der Waals surface area contributed by atoms with Crippen molar-refractivity contribution in [2.24, 2.45) is 11.1 Å². The van der Waals surface area contributed by atoms with Crippen molar-refractivity contribution in [3.8, 4) is 0 Å². The Labute approximate surface area is 92.4 Å². The second-order valence-corrected chi connectivity index (χ2v) is 3.57. The lowest BCUT2D eigenvalue weighted by molar-refractivity contribution is -0.360. The van der Waals surface area contributed by atoms with Gasteiger partial charge in [-0.05, 0) is 18.8 Å². The average molecular weight is 233 g/mol. The van der Waals surface area contributed by atoms with Crippen molar-refractivity contribution in [1.82, 2.24) is 5.32 Å². The lowest BCUT2D eigenvalue weighted by Gasteiger charge is -2.28. The third-order valence-electron chi connectivity index (χ3n) is 2.28. The number of oxime groups is 1. The summed E-state index contributed by atoms with van der Waals surface area (Å²) in [5.74, 6) is -2.81. The fourth-order valence-corrected chi connectivity index (χ4v) is 1.21. The quantitative estimate of drug-likeness (QED) is 0.230. The highest BCUT2D eigenvalue weighted by Crippen LogP contribution is 2.22. The third kappa shape index (κ3) is 2.89. The topological polar surface area (TPSA) is 114 Å². The number of hydrogen-bond donors (Lipinski definition) is 2. The molecule has 0 radical (unpaired) electrons. The van der Waals surface area contributed by atoms with Crippen LogP contribution in [0.1, 0.15) is 13.8 Å². The molecular weight excluding hydrogens is 218 g/mol. The van der Waals surface area contributed by atoms with E-state index in [9.17, 15) is 14.9 Å². The number of amidine groups is 1. The summed E-state index contributed by atoms with van der Waals surface area (Å²) in [6, 6.07) is 0.